The Morgan fingerprint density at radius 1 is 1.44 bits per heavy atom. The van der Waals surface area contributed by atoms with Crippen molar-refractivity contribution in [3.8, 4) is 6.07 Å². The van der Waals surface area contributed by atoms with Crippen molar-refractivity contribution in [3.63, 3.8) is 0 Å². The van der Waals surface area contributed by atoms with Crippen LogP contribution in [0.25, 0.3) is 0 Å². The molecule has 1 aliphatic rings. The summed E-state index contributed by atoms with van der Waals surface area (Å²) < 4.78 is 0. The Morgan fingerprint density at radius 3 is 2.83 bits per heavy atom. The zero-order valence-corrected chi connectivity index (χ0v) is 11.4. The van der Waals surface area contributed by atoms with Gasteiger partial charge in [0.1, 0.15) is 6.07 Å². The van der Waals surface area contributed by atoms with Gasteiger partial charge in [-0.05, 0) is 51.9 Å². The summed E-state index contributed by atoms with van der Waals surface area (Å²) in [5, 5.41) is 12.5. The third-order valence-electron chi connectivity index (χ3n) is 4.16. The van der Waals surface area contributed by atoms with E-state index >= 15 is 0 Å². The Bertz CT molecular complexity index is 459. The molecule has 0 aliphatic carbocycles. The molecule has 1 heterocycles. The number of anilines is 1. The summed E-state index contributed by atoms with van der Waals surface area (Å²) in [4.78, 5) is 2.38. The number of hydrogen-bond donors (Lipinski definition) is 1. The van der Waals surface area contributed by atoms with Crippen molar-refractivity contribution in [1.29, 1.82) is 5.26 Å². The fourth-order valence-corrected chi connectivity index (χ4v) is 2.98. The van der Waals surface area contributed by atoms with E-state index in [2.05, 4.69) is 36.2 Å². The molecule has 1 N–H and O–H groups in total. The lowest BCUT2D eigenvalue weighted by Gasteiger charge is -2.38. The van der Waals surface area contributed by atoms with Crippen LogP contribution in [0.3, 0.4) is 0 Å². The highest BCUT2D eigenvalue weighted by atomic mass is 15.2. The maximum atomic E-state index is 9.23. The van der Waals surface area contributed by atoms with Crippen LogP contribution in [0.2, 0.25) is 0 Å². The zero-order chi connectivity index (χ0) is 13.2. The summed E-state index contributed by atoms with van der Waals surface area (Å²) in [6, 6.07) is 10.2. The summed E-state index contributed by atoms with van der Waals surface area (Å²) in [6.07, 6.45) is 1.17. The molecule has 0 amide bonds. The average Bonchev–Trinajstić information content (AvgIpc) is 2.65. The van der Waals surface area contributed by atoms with Crippen molar-refractivity contribution >= 4 is 5.69 Å². The van der Waals surface area contributed by atoms with E-state index in [9.17, 15) is 5.26 Å². The molecule has 0 aromatic heterocycles. The Kier molecular flexibility index (Phi) is 3.58. The molecule has 0 radical (unpaired) electrons. The monoisotopic (exact) mass is 243 g/mol. The van der Waals surface area contributed by atoms with Gasteiger partial charge in [-0.3, -0.25) is 0 Å². The van der Waals surface area contributed by atoms with Crippen molar-refractivity contribution in [2.75, 3.05) is 25.0 Å². The first-order chi connectivity index (χ1) is 8.61. The van der Waals surface area contributed by atoms with Crippen LogP contribution in [0.15, 0.2) is 24.3 Å². The highest BCUT2D eigenvalue weighted by molar-refractivity contribution is 5.61. The summed E-state index contributed by atoms with van der Waals surface area (Å²) in [5.74, 6) is 0.620. The first kappa shape index (κ1) is 12.9. The zero-order valence-electron chi connectivity index (χ0n) is 11.4. The number of nitriles is 1. The second-order valence-electron chi connectivity index (χ2n) is 5.48. The second kappa shape index (κ2) is 4.99. The van der Waals surface area contributed by atoms with Gasteiger partial charge in [-0.15, -0.1) is 0 Å². The third kappa shape index (κ3) is 2.09. The van der Waals surface area contributed by atoms with Gasteiger partial charge in [-0.25, -0.2) is 0 Å². The highest BCUT2D eigenvalue weighted by Gasteiger charge is 2.41. The topological polar surface area (TPSA) is 39.1 Å². The van der Waals surface area contributed by atoms with Crippen LogP contribution in [-0.2, 0) is 0 Å². The summed E-state index contributed by atoms with van der Waals surface area (Å²) >= 11 is 0. The molecule has 1 fully saturated rings. The number of nitrogens with one attached hydrogen (secondary N) is 1. The molecule has 0 saturated carbocycles. The van der Waals surface area contributed by atoms with E-state index in [0.717, 1.165) is 24.3 Å². The number of rotatable bonds is 3. The number of para-hydroxylation sites is 1. The van der Waals surface area contributed by atoms with E-state index in [0.29, 0.717) is 5.92 Å². The van der Waals surface area contributed by atoms with E-state index in [1.807, 2.05) is 25.2 Å². The molecule has 1 aromatic carbocycles. The minimum atomic E-state index is 0.0932. The van der Waals surface area contributed by atoms with Crippen molar-refractivity contribution in [1.82, 2.24) is 5.32 Å². The standard InChI is InChI=1S/C15H21N3/c1-15(2)13(11-17-3)8-9-18(15)14-7-5-4-6-12(14)10-16/h4-7,13,17H,8-9,11H2,1-3H3. The molecule has 0 bridgehead atoms. The molecule has 1 unspecified atom stereocenters. The summed E-state index contributed by atoms with van der Waals surface area (Å²) in [5.41, 5.74) is 1.94. The van der Waals surface area contributed by atoms with Crippen LogP contribution < -0.4 is 10.2 Å². The Balaban J connectivity index is 2.33. The number of benzene rings is 1. The maximum absolute atomic E-state index is 9.23. The quantitative estimate of drug-likeness (QED) is 0.886. The van der Waals surface area contributed by atoms with Crippen LogP contribution >= 0.6 is 0 Å². The molecule has 18 heavy (non-hydrogen) atoms. The lowest BCUT2D eigenvalue weighted by molar-refractivity contribution is 0.356. The molecule has 2 rings (SSSR count). The van der Waals surface area contributed by atoms with Gasteiger partial charge in [0, 0.05) is 12.1 Å². The second-order valence-corrected chi connectivity index (χ2v) is 5.48. The minimum Gasteiger partial charge on any atom is -0.365 e. The lowest BCUT2D eigenvalue weighted by atomic mass is 9.88. The molecule has 96 valence electrons. The van der Waals surface area contributed by atoms with E-state index in [1.165, 1.54) is 6.42 Å². The smallest absolute Gasteiger partial charge is 0.101 e. The fraction of sp³-hybridized carbons (Fsp3) is 0.533. The fourth-order valence-electron chi connectivity index (χ4n) is 2.98. The van der Waals surface area contributed by atoms with Crippen LogP contribution in [0.5, 0.6) is 0 Å². The van der Waals surface area contributed by atoms with Crippen LogP contribution in [-0.4, -0.2) is 25.7 Å². The van der Waals surface area contributed by atoms with Crippen LogP contribution in [0, 0.1) is 17.2 Å². The van der Waals surface area contributed by atoms with Gasteiger partial charge in [0.05, 0.1) is 11.3 Å². The van der Waals surface area contributed by atoms with Crippen molar-refractivity contribution in [3.05, 3.63) is 29.8 Å². The van der Waals surface area contributed by atoms with Gasteiger partial charge in [0.25, 0.3) is 0 Å². The number of hydrogen-bond acceptors (Lipinski definition) is 3. The van der Waals surface area contributed by atoms with E-state index in [4.69, 9.17) is 0 Å². The van der Waals surface area contributed by atoms with Gasteiger partial charge >= 0.3 is 0 Å². The van der Waals surface area contributed by atoms with Crippen molar-refractivity contribution < 1.29 is 0 Å². The minimum absolute atomic E-state index is 0.0932. The van der Waals surface area contributed by atoms with Crippen molar-refractivity contribution in [2.24, 2.45) is 5.92 Å². The SMILES string of the molecule is CNCC1CCN(c2ccccc2C#N)C1(C)C. The maximum Gasteiger partial charge on any atom is 0.101 e. The van der Waals surface area contributed by atoms with Gasteiger partial charge in [-0.2, -0.15) is 5.26 Å². The normalized spacial score (nSPS) is 21.9. The molecule has 0 spiro atoms. The summed E-state index contributed by atoms with van der Waals surface area (Å²) in [7, 11) is 2.00. The number of nitrogens with zero attached hydrogens (tertiary/aromatic N) is 2. The first-order valence-electron chi connectivity index (χ1n) is 6.52. The summed E-state index contributed by atoms with van der Waals surface area (Å²) in [6.45, 7) is 6.60. The predicted octanol–water partition coefficient (Wildman–Crippen LogP) is 2.38. The highest BCUT2D eigenvalue weighted by Crippen LogP contribution is 2.39. The lowest BCUT2D eigenvalue weighted by Crippen LogP contribution is -2.45. The predicted molar refractivity (Wildman–Crippen MR) is 74.6 cm³/mol. The third-order valence-corrected chi connectivity index (χ3v) is 4.16. The van der Waals surface area contributed by atoms with E-state index in [-0.39, 0.29) is 5.54 Å². The molecular formula is C15H21N3. The van der Waals surface area contributed by atoms with Crippen LogP contribution in [0.1, 0.15) is 25.8 Å². The first-order valence-corrected chi connectivity index (χ1v) is 6.52. The van der Waals surface area contributed by atoms with Gasteiger partial charge in [-0.1, -0.05) is 12.1 Å². The van der Waals surface area contributed by atoms with Crippen LogP contribution in [0.4, 0.5) is 5.69 Å². The largest absolute Gasteiger partial charge is 0.365 e. The molecule has 1 atom stereocenters. The Labute approximate surface area is 109 Å². The molecule has 1 aromatic rings. The average molecular weight is 243 g/mol. The van der Waals surface area contributed by atoms with Gasteiger partial charge in [0.15, 0.2) is 0 Å². The Morgan fingerprint density at radius 2 is 2.17 bits per heavy atom. The van der Waals surface area contributed by atoms with Gasteiger partial charge < -0.3 is 10.2 Å². The molecular weight excluding hydrogens is 222 g/mol. The Hall–Kier alpha value is -1.53. The van der Waals surface area contributed by atoms with E-state index in [1.54, 1.807) is 0 Å². The molecule has 1 saturated heterocycles. The van der Waals surface area contributed by atoms with Gasteiger partial charge in [0.2, 0.25) is 0 Å². The van der Waals surface area contributed by atoms with Crippen molar-refractivity contribution in [2.45, 2.75) is 25.8 Å². The van der Waals surface area contributed by atoms with E-state index < -0.39 is 0 Å². The molecule has 1 aliphatic heterocycles. The molecule has 3 heteroatoms. The molecule has 3 nitrogen and oxygen atoms in total.